The van der Waals surface area contributed by atoms with Crippen LogP contribution in [0.4, 0.5) is 11.4 Å². The van der Waals surface area contributed by atoms with Crippen molar-refractivity contribution >= 4 is 17.3 Å². The van der Waals surface area contributed by atoms with Gasteiger partial charge in [0.1, 0.15) is 5.75 Å². The molecule has 0 aromatic heterocycles. The summed E-state index contributed by atoms with van der Waals surface area (Å²) in [5.41, 5.74) is 2.04. The van der Waals surface area contributed by atoms with Crippen LogP contribution in [0.2, 0.25) is 0 Å². The van der Waals surface area contributed by atoms with Gasteiger partial charge in [0, 0.05) is 24.5 Å². The fourth-order valence-corrected chi connectivity index (χ4v) is 2.93. The standard InChI is InChI=1S/C20H24N2O2/c23-20(12-15-24-19-10-3-1-4-11-19)21-17-8-7-9-18(16-17)22-13-5-2-6-14-22/h1,3-4,7-11,16H,2,5-6,12-15H2,(H,21,23). The minimum absolute atomic E-state index is 0.0262. The summed E-state index contributed by atoms with van der Waals surface area (Å²) in [5, 5.41) is 2.96. The molecule has 0 atom stereocenters. The highest BCUT2D eigenvalue weighted by molar-refractivity contribution is 5.91. The number of carbonyl (C=O) groups is 1. The first-order chi connectivity index (χ1) is 11.8. The summed E-state index contributed by atoms with van der Waals surface area (Å²) in [6.07, 6.45) is 4.14. The number of amides is 1. The Morgan fingerprint density at radius 2 is 1.79 bits per heavy atom. The van der Waals surface area contributed by atoms with E-state index in [9.17, 15) is 4.79 Å². The SMILES string of the molecule is O=C(CCOc1ccccc1)Nc1cccc(N2CCCCC2)c1. The minimum atomic E-state index is -0.0262. The number of piperidine rings is 1. The second-order valence-corrected chi connectivity index (χ2v) is 6.06. The van der Waals surface area contributed by atoms with E-state index < -0.39 is 0 Å². The lowest BCUT2D eigenvalue weighted by atomic mass is 10.1. The van der Waals surface area contributed by atoms with Crippen LogP contribution in [0.1, 0.15) is 25.7 Å². The molecule has 0 unspecified atom stereocenters. The Labute approximate surface area is 143 Å². The predicted octanol–water partition coefficient (Wildman–Crippen LogP) is 4.08. The predicted molar refractivity (Wildman–Crippen MR) is 97.7 cm³/mol. The van der Waals surface area contributed by atoms with Crippen LogP contribution in [0.15, 0.2) is 54.6 Å². The lowest BCUT2D eigenvalue weighted by Crippen LogP contribution is -2.29. The molecule has 1 aliphatic rings. The molecule has 0 spiro atoms. The van der Waals surface area contributed by atoms with Crippen molar-refractivity contribution in [2.24, 2.45) is 0 Å². The van der Waals surface area contributed by atoms with Crippen LogP contribution in [0.3, 0.4) is 0 Å². The van der Waals surface area contributed by atoms with Gasteiger partial charge in [0.2, 0.25) is 5.91 Å². The first-order valence-corrected chi connectivity index (χ1v) is 8.64. The fraction of sp³-hybridized carbons (Fsp3) is 0.350. The molecule has 1 heterocycles. The summed E-state index contributed by atoms with van der Waals surface area (Å²) < 4.78 is 5.56. The van der Waals surface area contributed by atoms with Crippen LogP contribution in [0.25, 0.3) is 0 Å². The number of rotatable bonds is 6. The molecule has 4 nitrogen and oxygen atoms in total. The van der Waals surface area contributed by atoms with E-state index in [2.05, 4.69) is 22.3 Å². The Bertz CT molecular complexity index is 652. The monoisotopic (exact) mass is 324 g/mol. The van der Waals surface area contributed by atoms with Gasteiger partial charge in [-0.3, -0.25) is 4.79 Å². The maximum absolute atomic E-state index is 12.1. The van der Waals surface area contributed by atoms with Crippen LogP contribution in [-0.4, -0.2) is 25.6 Å². The molecule has 3 rings (SSSR count). The Balaban J connectivity index is 1.49. The molecule has 24 heavy (non-hydrogen) atoms. The van der Waals surface area contributed by atoms with Gasteiger partial charge in [0.05, 0.1) is 13.0 Å². The topological polar surface area (TPSA) is 41.6 Å². The van der Waals surface area contributed by atoms with Crippen molar-refractivity contribution < 1.29 is 9.53 Å². The van der Waals surface area contributed by atoms with Crippen LogP contribution in [-0.2, 0) is 4.79 Å². The van der Waals surface area contributed by atoms with Crippen molar-refractivity contribution in [3.8, 4) is 5.75 Å². The van der Waals surface area contributed by atoms with Gasteiger partial charge in [0.15, 0.2) is 0 Å². The van der Waals surface area contributed by atoms with Crippen molar-refractivity contribution in [1.29, 1.82) is 0 Å². The third kappa shape index (κ3) is 4.75. The van der Waals surface area contributed by atoms with Gasteiger partial charge in [-0.1, -0.05) is 24.3 Å². The highest BCUT2D eigenvalue weighted by atomic mass is 16.5. The number of anilines is 2. The van der Waals surface area contributed by atoms with E-state index in [1.54, 1.807) is 0 Å². The number of ether oxygens (including phenoxy) is 1. The Kier molecular flexibility index (Phi) is 5.72. The highest BCUT2D eigenvalue weighted by Gasteiger charge is 2.11. The summed E-state index contributed by atoms with van der Waals surface area (Å²) in [4.78, 5) is 14.5. The van der Waals surface area contributed by atoms with Crippen molar-refractivity contribution in [2.75, 3.05) is 29.9 Å². The van der Waals surface area contributed by atoms with Gasteiger partial charge in [-0.05, 0) is 49.6 Å². The third-order valence-electron chi connectivity index (χ3n) is 4.19. The molecule has 1 aliphatic heterocycles. The number of nitrogens with one attached hydrogen (secondary N) is 1. The van der Waals surface area contributed by atoms with E-state index in [0.29, 0.717) is 13.0 Å². The number of hydrogen-bond donors (Lipinski definition) is 1. The Morgan fingerprint density at radius 3 is 2.58 bits per heavy atom. The minimum Gasteiger partial charge on any atom is -0.493 e. The maximum Gasteiger partial charge on any atom is 0.227 e. The lowest BCUT2D eigenvalue weighted by molar-refractivity contribution is -0.116. The van der Waals surface area contributed by atoms with E-state index >= 15 is 0 Å². The van der Waals surface area contributed by atoms with E-state index in [1.807, 2.05) is 42.5 Å². The molecule has 4 heteroatoms. The van der Waals surface area contributed by atoms with Gasteiger partial charge in [-0.15, -0.1) is 0 Å². The summed E-state index contributed by atoms with van der Waals surface area (Å²) in [7, 11) is 0. The average Bonchev–Trinajstić information content (AvgIpc) is 2.63. The number of carbonyl (C=O) groups excluding carboxylic acids is 1. The van der Waals surface area contributed by atoms with Crippen LogP contribution >= 0.6 is 0 Å². The summed E-state index contributed by atoms with van der Waals surface area (Å²) in [6.45, 7) is 2.58. The quantitative estimate of drug-likeness (QED) is 0.870. The fourth-order valence-electron chi connectivity index (χ4n) is 2.93. The van der Waals surface area contributed by atoms with Crippen LogP contribution in [0, 0.1) is 0 Å². The highest BCUT2D eigenvalue weighted by Crippen LogP contribution is 2.23. The molecule has 0 saturated carbocycles. The average molecular weight is 324 g/mol. The second-order valence-electron chi connectivity index (χ2n) is 6.06. The van der Waals surface area contributed by atoms with Gasteiger partial charge < -0.3 is 15.0 Å². The molecule has 0 bridgehead atoms. The molecule has 1 fully saturated rings. The molecular formula is C20H24N2O2. The van der Waals surface area contributed by atoms with Crippen LogP contribution < -0.4 is 15.0 Å². The molecule has 1 N–H and O–H groups in total. The Hall–Kier alpha value is -2.49. The molecule has 2 aromatic rings. The van der Waals surface area contributed by atoms with Gasteiger partial charge >= 0.3 is 0 Å². The molecule has 126 valence electrons. The number of para-hydroxylation sites is 1. The van der Waals surface area contributed by atoms with E-state index in [0.717, 1.165) is 24.5 Å². The zero-order valence-corrected chi connectivity index (χ0v) is 13.9. The zero-order valence-electron chi connectivity index (χ0n) is 13.9. The molecule has 1 amide bonds. The maximum atomic E-state index is 12.1. The molecule has 1 saturated heterocycles. The normalized spacial score (nSPS) is 14.2. The summed E-state index contributed by atoms with van der Waals surface area (Å²) in [6, 6.07) is 17.7. The first-order valence-electron chi connectivity index (χ1n) is 8.64. The number of hydrogen-bond acceptors (Lipinski definition) is 3. The van der Waals surface area contributed by atoms with Gasteiger partial charge in [-0.25, -0.2) is 0 Å². The molecule has 2 aromatic carbocycles. The van der Waals surface area contributed by atoms with E-state index in [-0.39, 0.29) is 5.91 Å². The molecular weight excluding hydrogens is 300 g/mol. The van der Waals surface area contributed by atoms with Crippen molar-refractivity contribution in [1.82, 2.24) is 0 Å². The third-order valence-corrected chi connectivity index (χ3v) is 4.19. The van der Waals surface area contributed by atoms with E-state index in [4.69, 9.17) is 4.74 Å². The number of benzene rings is 2. The zero-order chi connectivity index (χ0) is 16.6. The Morgan fingerprint density at radius 1 is 1.00 bits per heavy atom. The van der Waals surface area contributed by atoms with Gasteiger partial charge in [0.25, 0.3) is 0 Å². The smallest absolute Gasteiger partial charge is 0.227 e. The van der Waals surface area contributed by atoms with Crippen molar-refractivity contribution in [3.05, 3.63) is 54.6 Å². The lowest BCUT2D eigenvalue weighted by Gasteiger charge is -2.29. The summed E-state index contributed by atoms with van der Waals surface area (Å²) >= 11 is 0. The van der Waals surface area contributed by atoms with Crippen LogP contribution in [0.5, 0.6) is 5.75 Å². The van der Waals surface area contributed by atoms with Crippen molar-refractivity contribution in [3.63, 3.8) is 0 Å². The van der Waals surface area contributed by atoms with E-state index in [1.165, 1.54) is 24.9 Å². The molecule has 0 aliphatic carbocycles. The largest absolute Gasteiger partial charge is 0.493 e. The molecule has 0 radical (unpaired) electrons. The number of nitrogens with zero attached hydrogens (tertiary/aromatic N) is 1. The summed E-state index contributed by atoms with van der Waals surface area (Å²) in [5.74, 6) is 0.763. The van der Waals surface area contributed by atoms with Gasteiger partial charge in [-0.2, -0.15) is 0 Å². The van der Waals surface area contributed by atoms with Crippen molar-refractivity contribution in [2.45, 2.75) is 25.7 Å². The second kappa shape index (κ2) is 8.39. The first kappa shape index (κ1) is 16.4.